The molecule has 0 aliphatic rings. The van der Waals surface area contributed by atoms with Gasteiger partial charge in [0.1, 0.15) is 6.10 Å². The largest absolute Gasteiger partial charge is 0.508 e. The maximum Gasteiger partial charge on any atom is 0.508 e. The predicted octanol–water partition coefficient (Wildman–Crippen LogP) is 12.7. The molecule has 0 spiro atoms. The van der Waals surface area contributed by atoms with Gasteiger partial charge in [0.25, 0.3) is 0 Å². The van der Waals surface area contributed by atoms with E-state index in [4.69, 9.17) is 9.47 Å². The normalized spacial score (nSPS) is 11.9. The Morgan fingerprint density at radius 3 is 1.15 bits per heavy atom. The monoisotopic (exact) mass is 584 g/mol. The Labute approximate surface area is 259 Å². The van der Waals surface area contributed by atoms with Crippen molar-refractivity contribution in [3.63, 3.8) is 0 Å². The van der Waals surface area contributed by atoms with Gasteiger partial charge in [0.2, 0.25) is 0 Å². The average molecular weight is 584 g/mol. The van der Waals surface area contributed by atoms with Crippen molar-refractivity contribution in [2.75, 3.05) is 27.2 Å². The van der Waals surface area contributed by atoms with E-state index < -0.39 is 6.16 Å². The van der Waals surface area contributed by atoms with Crippen molar-refractivity contribution in [2.45, 2.75) is 207 Å². The van der Waals surface area contributed by atoms with Gasteiger partial charge in [-0.05, 0) is 46.2 Å². The second-order valence-corrected chi connectivity index (χ2v) is 12.7. The molecule has 0 saturated carbocycles. The maximum absolute atomic E-state index is 12.3. The third kappa shape index (κ3) is 35.3. The summed E-state index contributed by atoms with van der Waals surface area (Å²) < 4.78 is 11.1. The van der Waals surface area contributed by atoms with Gasteiger partial charge < -0.3 is 14.4 Å². The molecule has 4 heteroatoms. The maximum atomic E-state index is 12.3. The minimum atomic E-state index is -0.463. The number of ether oxygens (including phenoxy) is 2. The molecule has 248 valence electrons. The summed E-state index contributed by atoms with van der Waals surface area (Å²) in [6.07, 6.45) is 36.5. The van der Waals surface area contributed by atoms with Crippen LogP contribution >= 0.6 is 0 Å². The van der Waals surface area contributed by atoms with Crippen LogP contribution in [0.1, 0.15) is 201 Å². The van der Waals surface area contributed by atoms with E-state index in [-0.39, 0.29) is 13.5 Å². The lowest BCUT2D eigenvalue weighted by Gasteiger charge is -2.18. The molecular formula is C37H77NO3. The number of carbonyl (C=O) groups is 1. The van der Waals surface area contributed by atoms with Crippen LogP contribution in [0, 0.1) is 0 Å². The van der Waals surface area contributed by atoms with Crippen molar-refractivity contribution in [1.29, 1.82) is 0 Å². The number of unbranched alkanes of at least 4 members (excludes halogenated alkanes) is 23. The summed E-state index contributed by atoms with van der Waals surface area (Å²) in [6, 6.07) is 0. The summed E-state index contributed by atoms with van der Waals surface area (Å²) in [5, 5.41) is 0. The van der Waals surface area contributed by atoms with E-state index in [0.29, 0.717) is 6.61 Å². The van der Waals surface area contributed by atoms with Gasteiger partial charge in [0.05, 0.1) is 6.61 Å². The SMILES string of the molecule is C.CCCCCCCCCCCCCCCCCCCC(CCCCCCCCCC)OC(=O)OCCCN(C)C. The zero-order valence-corrected chi connectivity index (χ0v) is 28.0. The third-order valence-corrected chi connectivity index (χ3v) is 8.24. The summed E-state index contributed by atoms with van der Waals surface area (Å²) in [4.78, 5) is 14.4. The first-order chi connectivity index (χ1) is 19.6. The van der Waals surface area contributed by atoms with Crippen LogP contribution in [-0.4, -0.2) is 44.4 Å². The molecule has 0 aliphatic heterocycles. The first kappa shape index (κ1) is 42.4. The van der Waals surface area contributed by atoms with E-state index in [1.54, 1.807) is 0 Å². The summed E-state index contributed by atoms with van der Waals surface area (Å²) in [6.45, 7) is 5.93. The van der Waals surface area contributed by atoms with Gasteiger partial charge in [-0.2, -0.15) is 0 Å². The minimum absolute atomic E-state index is 0. The van der Waals surface area contributed by atoms with E-state index in [0.717, 1.165) is 38.6 Å². The fraction of sp³-hybridized carbons (Fsp3) is 0.973. The molecule has 0 bridgehead atoms. The fourth-order valence-electron chi connectivity index (χ4n) is 5.57. The van der Waals surface area contributed by atoms with Crippen LogP contribution in [0.15, 0.2) is 0 Å². The molecule has 0 aromatic heterocycles. The van der Waals surface area contributed by atoms with Crippen LogP contribution in [0.3, 0.4) is 0 Å². The third-order valence-electron chi connectivity index (χ3n) is 8.24. The Balaban J connectivity index is 0. The highest BCUT2D eigenvalue weighted by Gasteiger charge is 2.15. The lowest BCUT2D eigenvalue weighted by molar-refractivity contribution is 0.0150. The zero-order chi connectivity index (χ0) is 29.4. The Morgan fingerprint density at radius 1 is 0.512 bits per heavy atom. The molecule has 41 heavy (non-hydrogen) atoms. The summed E-state index contributed by atoms with van der Waals surface area (Å²) in [5.41, 5.74) is 0. The molecule has 0 radical (unpaired) electrons. The average Bonchev–Trinajstić information content (AvgIpc) is 2.94. The number of nitrogens with zero attached hydrogens (tertiary/aromatic N) is 1. The van der Waals surface area contributed by atoms with Gasteiger partial charge in [-0.1, -0.05) is 169 Å². The molecule has 1 unspecified atom stereocenters. The van der Waals surface area contributed by atoms with Gasteiger partial charge in [-0.3, -0.25) is 0 Å². The Hall–Kier alpha value is -0.770. The van der Waals surface area contributed by atoms with Crippen molar-refractivity contribution in [1.82, 2.24) is 4.90 Å². The summed E-state index contributed by atoms with van der Waals surface area (Å²) >= 11 is 0. The summed E-state index contributed by atoms with van der Waals surface area (Å²) in [5.74, 6) is 0. The molecule has 0 heterocycles. The second-order valence-electron chi connectivity index (χ2n) is 12.7. The number of hydrogen-bond acceptors (Lipinski definition) is 4. The lowest BCUT2D eigenvalue weighted by atomic mass is 10.0. The van der Waals surface area contributed by atoms with Crippen molar-refractivity contribution in [3.8, 4) is 0 Å². The molecule has 0 saturated heterocycles. The molecule has 0 aliphatic carbocycles. The van der Waals surface area contributed by atoms with Crippen LogP contribution in [0.4, 0.5) is 4.79 Å². The van der Waals surface area contributed by atoms with Crippen molar-refractivity contribution >= 4 is 6.16 Å². The van der Waals surface area contributed by atoms with Gasteiger partial charge in [0.15, 0.2) is 0 Å². The zero-order valence-electron chi connectivity index (χ0n) is 28.0. The highest BCUT2D eigenvalue weighted by atomic mass is 16.7. The number of carbonyl (C=O) groups excluding carboxylic acids is 1. The van der Waals surface area contributed by atoms with Crippen LogP contribution in [0.2, 0.25) is 0 Å². The van der Waals surface area contributed by atoms with E-state index in [9.17, 15) is 4.79 Å². The van der Waals surface area contributed by atoms with Gasteiger partial charge in [0, 0.05) is 6.54 Å². The standard InChI is InChI=1S/C36H73NO3.CH4/c1-5-7-9-11-13-15-16-17-18-19-20-21-22-23-25-27-29-32-35(31-28-26-24-14-12-10-8-6-2)40-36(38)39-34-30-33-37(3)4;/h35H,5-34H2,1-4H3;1H4. The highest BCUT2D eigenvalue weighted by Crippen LogP contribution is 2.19. The molecule has 0 aromatic rings. The quantitative estimate of drug-likeness (QED) is 0.0583. The molecule has 1 atom stereocenters. The van der Waals surface area contributed by atoms with Crippen LogP contribution in [0.25, 0.3) is 0 Å². The van der Waals surface area contributed by atoms with Gasteiger partial charge >= 0.3 is 6.16 Å². The second kappa shape index (κ2) is 35.4. The lowest BCUT2D eigenvalue weighted by Crippen LogP contribution is -2.21. The van der Waals surface area contributed by atoms with Crippen LogP contribution in [0.5, 0.6) is 0 Å². The van der Waals surface area contributed by atoms with Crippen molar-refractivity contribution in [3.05, 3.63) is 0 Å². The van der Waals surface area contributed by atoms with Gasteiger partial charge in [-0.25, -0.2) is 4.79 Å². The fourth-order valence-corrected chi connectivity index (χ4v) is 5.57. The molecule has 4 nitrogen and oxygen atoms in total. The molecular weight excluding hydrogens is 506 g/mol. The molecule has 0 aromatic carbocycles. The predicted molar refractivity (Wildman–Crippen MR) is 182 cm³/mol. The highest BCUT2D eigenvalue weighted by molar-refractivity contribution is 5.60. The minimum Gasteiger partial charge on any atom is -0.434 e. The molecule has 0 fully saturated rings. The van der Waals surface area contributed by atoms with E-state index in [2.05, 4.69) is 18.7 Å². The number of rotatable bonds is 32. The van der Waals surface area contributed by atoms with E-state index >= 15 is 0 Å². The van der Waals surface area contributed by atoms with Gasteiger partial charge in [-0.15, -0.1) is 0 Å². The first-order valence-electron chi connectivity index (χ1n) is 18.1. The van der Waals surface area contributed by atoms with E-state index in [1.807, 2.05) is 14.1 Å². The number of hydrogen-bond donors (Lipinski definition) is 0. The topological polar surface area (TPSA) is 38.8 Å². The smallest absolute Gasteiger partial charge is 0.434 e. The van der Waals surface area contributed by atoms with Crippen molar-refractivity contribution < 1.29 is 14.3 Å². The molecule has 0 rings (SSSR count). The molecule has 0 amide bonds. The Morgan fingerprint density at radius 2 is 0.829 bits per heavy atom. The Kier molecular flexibility index (Phi) is 36.6. The Bertz CT molecular complexity index is 497. The van der Waals surface area contributed by atoms with Crippen LogP contribution in [-0.2, 0) is 9.47 Å². The van der Waals surface area contributed by atoms with E-state index in [1.165, 1.54) is 148 Å². The van der Waals surface area contributed by atoms with Crippen molar-refractivity contribution in [2.24, 2.45) is 0 Å². The molecule has 0 N–H and O–H groups in total. The first-order valence-corrected chi connectivity index (χ1v) is 18.1. The van der Waals surface area contributed by atoms with Crippen LogP contribution < -0.4 is 0 Å². The summed E-state index contributed by atoms with van der Waals surface area (Å²) in [7, 11) is 4.08.